The van der Waals surface area contributed by atoms with Gasteiger partial charge in [-0.1, -0.05) is 19.1 Å². The Bertz CT molecular complexity index is 747. The Balaban J connectivity index is 1.75. The second kappa shape index (κ2) is 12.0. The third-order valence-corrected chi connectivity index (χ3v) is 4.75. The number of nitrogens with zero attached hydrogens (tertiary/aromatic N) is 1. The predicted octanol–water partition coefficient (Wildman–Crippen LogP) is 3.52. The Morgan fingerprint density at radius 2 is 2.11 bits per heavy atom. The van der Waals surface area contributed by atoms with Gasteiger partial charge in [0.2, 0.25) is 5.91 Å². The molecular formula is C21H30N4O2S. The minimum absolute atomic E-state index is 0.0985. The highest BCUT2D eigenvalue weighted by Gasteiger charge is 2.05. The molecule has 2 rings (SSSR count). The van der Waals surface area contributed by atoms with Gasteiger partial charge >= 0.3 is 0 Å². The summed E-state index contributed by atoms with van der Waals surface area (Å²) in [6.45, 7) is 8.47. The lowest BCUT2D eigenvalue weighted by Gasteiger charge is -2.14. The molecule has 6 nitrogen and oxygen atoms in total. The van der Waals surface area contributed by atoms with E-state index in [1.54, 1.807) is 11.3 Å². The molecule has 7 heteroatoms. The van der Waals surface area contributed by atoms with Gasteiger partial charge in [-0.2, -0.15) is 0 Å². The molecular weight excluding hydrogens is 372 g/mol. The van der Waals surface area contributed by atoms with Gasteiger partial charge < -0.3 is 20.7 Å². The second-order valence-corrected chi connectivity index (χ2v) is 7.62. The predicted molar refractivity (Wildman–Crippen MR) is 117 cm³/mol. The second-order valence-electron chi connectivity index (χ2n) is 6.59. The number of ether oxygens (including phenoxy) is 1. The molecule has 0 bridgehead atoms. The van der Waals surface area contributed by atoms with Crippen molar-refractivity contribution >= 4 is 28.9 Å². The quantitative estimate of drug-likeness (QED) is 0.323. The number of anilines is 1. The maximum atomic E-state index is 11.1. The van der Waals surface area contributed by atoms with E-state index in [1.807, 2.05) is 24.3 Å². The normalized spacial score (nSPS) is 12.3. The number of nitrogens with one attached hydrogen (secondary N) is 3. The van der Waals surface area contributed by atoms with Crippen LogP contribution in [0.25, 0.3) is 0 Å². The van der Waals surface area contributed by atoms with Crippen LogP contribution in [-0.2, 0) is 11.2 Å². The first-order chi connectivity index (χ1) is 13.6. The minimum atomic E-state index is -0.0985. The zero-order valence-electron chi connectivity index (χ0n) is 16.8. The van der Waals surface area contributed by atoms with Crippen molar-refractivity contribution in [3.05, 3.63) is 46.7 Å². The first-order valence-corrected chi connectivity index (χ1v) is 10.5. The van der Waals surface area contributed by atoms with Crippen molar-refractivity contribution in [2.75, 3.05) is 31.6 Å². The standard InChI is InChI=1S/C21H30N4O2S/c1-4-22-21(24-15-16(2)13-20-9-6-12-28-20)23-10-11-27-19-8-5-7-18(14-19)25-17(3)26/h5-9,12,14,16H,4,10-11,13,15H2,1-3H3,(H,25,26)(H2,22,23,24). The smallest absolute Gasteiger partial charge is 0.221 e. The lowest BCUT2D eigenvalue weighted by molar-refractivity contribution is -0.114. The van der Waals surface area contributed by atoms with E-state index < -0.39 is 0 Å². The number of hydrogen-bond donors (Lipinski definition) is 3. The first kappa shape index (κ1) is 21.8. The molecule has 28 heavy (non-hydrogen) atoms. The molecule has 1 aromatic heterocycles. The van der Waals surface area contributed by atoms with E-state index in [9.17, 15) is 4.79 Å². The fourth-order valence-corrected chi connectivity index (χ4v) is 3.50. The molecule has 1 atom stereocenters. The molecule has 0 radical (unpaired) electrons. The molecule has 0 saturated carbocycles. The highest BCUT2D eigenvalue weighted by atomic mass is 32.1. The summed E-state index contributed by atoms with van der Waals surface area (Å²) in [4.78, 5) is 17.2. The van der Waals surface area contributed by atoms with E-state index in [4.69, 9.17) is 4.74 Å². The van der Waals surface area contributed by atoms with Crippen LogP contribution >= 0.6 is 11.3 Å². The number of benzene rings is 1. The van der Waals surface area contributed by atoms with E-state index in [1.165, 1.54) is 11.8 Å². The van der Waals surface area contributed by atoms with Gasteiger partial charge in [0.1, 0.15) is 12.4 Å². The molecule has 0 spiro atoms. The average Bonchev–Trinajstić information content (AvgIpc) is 3.16. The summed E-state index contributed by atoms with van der Waals surface area (Å²) in [6.07, 6.45) is 1.05. The van der Waals surface area contributed by atoms with Crippen LogP contribution in [0.4, 0.5) is 5.69 Å². The summed E-state index contributed by atoms with van der Waals surface area (Å²) in [5.74, 6) is 1.91. The number of hydrogen-bond acceptors (Lipinski definition) is 4. The van der Waals surface area contributed by atoms with Crippen LogP contribution in [0.3, 0.4) is 0 Å². The maximum Gasteiger partial charge on any atom is 0.221 e. The summed E-state index contributed by atoms with van der Waals surface area (Å²) in [5.41, 5.74) is 0.729. The third-order valence-electron chi connectivity index (χ3n) is 3.85. The number of amides is 1. The number of carbonyl (C=O) groups is 1. The van der Waals surface area contributed by atoms with Crippen LogP contribution in [0.5, 0.6) is 5.75 Å². The van der Waals surface area contributed by atoms with Crippen molar-refractivity contribution in [1.29, 1.82) is 0 Å². The van der Waals surface area contributed by atoms with Crippen LogP contribution in [0.1, 0.15) is 25.6 Å². The Hall–Kier alpha value is -2.54. The summed E-state index contributed by atoms with van der Waals surface area (Å²) in [5, 5.41) is 11.4. The lowest BCUT2D eigenvalue weighted by Crippen LogP contribution is -2.39. The van der Waals surface area contributed by atoms with E-state index in [0.29, 0.717) is 19.1 Å². The van der Waals surface area contributed by atoms with Gasteiger partial charge in [0.15, 0.2) is 5.96 Å². The average molecular weight is 403 g/mol. The molecule has 0 fully saturated rings. The molecule has 1 heterocycles. The van der Waals surface area contributed by atoms with Crippen molar-refractivity contribution in [3.8, 4) is 5.75 Å². The number of carbonyl (C=O) groups excluding carboxylic acids is 1. The molecule has 0 aliphatic carbocycles. The van der Waals surface area contributed by atoms with Crippen LogP contribution in [0.15, 0.2) is 46.8 Å². The molecule has 1 unspecified atom stereocenters. The van der Waals surface area contributed by atoms with Crippen molar-refractivity contribution in [3.63, 3.8) is 0 Å². The van der Waals surface area contributed by atoms with E-state index in [2.05, 4.69) is 52.3 Å². The zero-order valence-corrected chi connectivity index (χ0v) is 17.6. The molecule has 2 aromatic rings. The molecule has 1 amide bonds. The summed E-state index contributed by atoms with van der Waals surface area (Å²) in [7, 11) is 0. The van der Waals surface area contributed by atoms with Crippen LogP contribution in [-0.4, -0.2) is 38.1 Å². The molecule has 0 aliphatic heterocycles. The summed E-state index contributed by atoms with van der Waals surface area (Å²) >= 11 is 1.80. The highest BCUT2D eigenvalue weighted by Crippen LogP contribution is 2.17. The first-order valence-electron chi connectivity index (χ1n) is 9.61. The lowest BCUT2D eigenvalue weighted by atomic mass is 10.1. The van der Waals surface area contributed by atoms with Crippen LogP contribution in [0, 0.1) is 5.92 Å². The molecule has 152 valence electrons. The summed E-state index contributed by atoms with van der Waals surface area (Å²) < 4.78 is 5.76. The zero-order chi connectivity index (χ0) is 20.2. The van der Waals surface area contributed by atoms with Crippen molar-refractivity contribution in [2.45, 2.75) is 27.2 Å². The van der Waals surface area contributed by atoms with Gasteiger partial charge in [0.25, 0.3) is 0 Å². The number of guanidine groups is 1. The Labute approximate surface area is 171 Å². The Morgan fingerprint density at radius 3 is 2.82 bits per heavy atom. The Morgan fingerprint density at radius 1 is 1.25 bits per heavy atom. The molecule has 1 aromatic carbocycles. The Kier molecular flexibility index (Phi) is 9.34. The molecule has 3 N–H and O–H groups in total. The van der Waals surface area contributed by atoms with Gasteiger partial charge in [-0.15, -0.1) is 11.3 Å². The van der Waals surface area contributed by atoms with Crippen molar-refractivity contribution in [1.82, 2.24) is 10.6 Å². The van der Waals surface area contributed by atoms with Crippen molar-refractivity contribution in [2.24, 2.45) is 10.9 Å². The van der Waals surface area contributed by atoms with Crippen molar-refractivity contribution < 1.29 is 9.53 Å². The fraction of sp³-hybridized carbons (Fsp3) is 0.429. The van der Waals surface area contributed by atoms with Gasteiger partial charge in [0.05, 0.1) is 6.54 Å². The molecule has 0 aliphatic rings. The number of aliphatic imine (C=N–C) groups is 1. The van der Waals surface area contributed by atoms with Crippen LogP contribution in [0.2, 0.25) is 0 Å². The highest BCUT2D eigenvalue weighted by molar-refractivity contribution is 7.09. The minimum Gasteiger partial charge on any atom is -0.492 e. The van der Waals surface area contributed by atoms with Crippen LogP contribution < -0.4 is 20.7 Å². The maximum absolute atomic E-state index is 11.1. The number of rotatable bonds is 10. The van der Waals surface area contributed by atoms with Gasteiger partial charge in [-0.25, -0.2) is 0 Å². The van der Waals surface area contributed by atoms with E-state index in [0.717, 1.165) is 36.9 Å². The van der Waals surface area contributed by atoms with Gasteiger partial charge in [0, 0.05) is 36.6 Å². The number of thiophene rings is 1. The van der Waals surface area contributed by atoms with E-state index >= 15 is 0 Å². The monoisotopic (exact) mass is 402 g/mol. The topological polar surface area (TPSA) is 74.8 Å². The van der Waals surface area contributed by atoms with E-state index in [-0.39, 0.29) is 5.91 Å². The summed E-state index contributed by atoms with van der Waals surface area (Å²) in [6, 6.07) is 11.6. The SMILES string of the molecule is CCNC(=NCC(C)Cc1cccs1)NCCOc1cccc(NC(C)=O)c1. The largest absolute Gasteiger partial charge is 0.492 e. The fourth-order valence-electron chi connectivity index (χ4n) is 2.63. The third kappa shape index (κ3) is 8.43. The molecule has 0 saturated heterocycles. The van der Waals surface area contributed by atoms with Gasteiger partial charge in [-0.3, -0.25) is 9.79 Å². The van der Waals surface area contributed by atoms with Gasteiger partial charge in [-0.05, 0) is 42.8 Å².